The molecule has 0 aromatic rings. The second kappa shape index (κ2) is 4.88. The van der Waals surface area contributed by atoms with Gasteiger partial charge in [-0.3, -0.25) is 0 Å². The molecule has 0 radical (unpaired) electrons. The summed E-state index contributed by atoms with van der Waals surface area (Å²) in [5.41, 5.74) is 0.266. The van der Waals surface area contributed by atoms with Gasteiger partial charge < -0.3 is 5.32 Å². The van der Waals surface area contributed by atoms with E-state index in [-0.39, 0.29) is 5.41 Å². The van der Waals surface area contributed by atoms with Crippen LogP contribution in [-0.2, 0) is 9.84 Å². The first-order chi connectivity index (χ1) is 7.58. The van der Waals surface area contributed by atoms with Crippen molar-refractivity contribution in [3.05, 3.63) is 0 Å². The number of rotatable bonds is 6. The van der Waals surface area contributed by atoms with Crippen LogP contribution in [0.5, 0.6) is 0 Å². The Labute approximate surface area is 106 Å². The highest BCUT2D eigenvalue weighted by Gasteiger charge is 2.43. The van der Waals surface area contributed by atoms with E-state index in [0.717, 1.165) is 13.0 Å². The molecule has 1 rings (SSSR count). The minimum atomic E-state index is -2.96. The Balaban J connectivity index is 2.46. The summed E-state index contributed by atoms with van der Waals surface area (Å²) in [6.07, 6.45) is 3.16. The Morgan fingerprint density at radius 3 is 2.12 bits per heavy atom. The quantitative estimate of drug-likeness (QED) is 0.798. The Hall–Kier alpha value is -0.0900. The summed E-state index contributed by atoms with van der Waals surface area (Å²) in [6, 6.07) is 0.478. The van der Waals surface area contributed by atoms with Crippen molar-refractivity contribution in [2.75, 3.05) is 12.3 Å². The van der Waals surface area contributed by atoms with Crippen LogP contribution >= 0.6 is 0 Å². The molecular formula is C13H27NO2S. The van der Waals surface area contributed by atoms with Crippen LogP contribution in [0.15, 0.2) is 0 Å². The fraction of sp³-hybridized carbons (Fsp3) is 1.00. The van der Waals surface area contributed by atoms with Gasteiger partial charge in [-0.15, -0.1) is 0 Å². The predicted molar refractivity (Wildman–Crippen MR) is 73.0 cm³/mol. The molecule has 17 heavy (non-hydrogen) atoms. The molecular weight excluding hydrogens is 234 g/mol. The molecule has 4 heteroatoms. The van der Waals surface area contributed by atoms with Crippen LogP contribution in [0.1, 0.15) is 53.9 Å². The highest BCUT2D eigenvalue weighted by Crippen LogP contribution is 2.48. The van der Waals surface area contributed by atoms with Gasteiger partial charge in [-0.2, -0.15) is 0 Å². The van der Waals surface area contributed by atoms with Gasteiger partial charge in [0.15, 0.2) is 9.84 Å². The summed E-state index contributed by atoms with van der Waals surface area (Å²) in [5, 5.41) is 3.43. The molecule has 0 aromatic heterocycles. The van der Waals surface area contributed by atoms with Crippen LogP contribution < -0.4 is 5.32 Å². The normalized spacial score (nSPS) is 19.6. The topological polar surface area (TPSA) is 46.2 Å². The number of nitrogens with one attached hydrogen (secondary N) is 1. The first-order valence-electron chi connectivity index (χ1n) is 6.54. The van der Waals surface area contributed by atoms with E-state index < -0.39 is 14.6 Å². The van der Waals surface area contributed by atoms with E-state index in [1.807, 2.05) is 0 Å². The van der Waals surface area contributed by atoms with Crippen LogP contribution in [0.2, 0.25) is 0 Å². The lowest BCUT2D eigenvalue weighted by Crippen LogP contribution is -2.34. The largest absolute Gasteiger partial charge is 0.314 e. The lowest BCUT2D eigenvalue weighted by molar-refractivity contribution is 0.418. The van der Waals surface area contributed by atoms with Crippen molar-refractivity contribution in [2.45, 2.75) is 64.7 Å². The van der Waals surface area contributed by atoms with Crippen LogP contribution in [0.4, 0.5) is 0 Å². The SMILES string of the molecule is CC(C)NCC1(CCS(=O)(=O)C(C)(C)C)CC1. The van der Waals surface area contributed by atoms with E-state index in [9.17, 15) is 8.42 Å². The fourth-order valence-electron chi connectivity index (χ4n) is 1.77. The molecule has 0 aromatic carbocycles. The molecule has 0 spiro atoms. The standard InChI is InChI=1S/C13H27NO2S/c1-11(2)14-10-13(6-7-13)8-9-17(15,16)12(3,4)5/h11,14H,6-10H2,1-5H3. The lowest BCUT2D eigenvalue weighted by atomic mass is 10.0. The monoisotopic (exact) mass is 261 g/mol. The maximum atomic E-state index is 12.0. The third-order valence-corrected chi connectivity index (χ3v) is 6.28. The molecule has 3 nitrogen and oxygen atoms in total. The summed E-state index contributed by atoms with van der Waals surface area (Å²) < 4.78 is 23.5. The van der Waals surface area contributed by atoms with Gasteiger partial charge in [0, 0.05) is 12.6 Å². The molecule has 1 saturated carbocycles. The average molecular weight is 261 g/mol. The summed E-state index contributed by atoms with van der Waals surface area (Å²) in [5.74, 6) is 0.330. The Morgan fingerprint density at radius 1 is 1.24 bits per heavy atom. The average Bonchev–Trinajstić information content (AvgIpc) is 2.91. The van der Waals surface area contributed by atoms with Crippen molar-refractivity contribution in [3.63, 3.8) is 0 Å². The van der Waals surface area contributed by atoms with E-state index in [0.29, 0.717) is 11.8 Å². The van der Waals surface area contributed by atoms with Crippen LogP contribution in [0.25, 0.3) is 0 Å². The maximum Gasteiger partial charge on any atom is 0.155 e. The van der Waals surface area contributed by atoms with Gasteiger partial charge in [0.25, 0.3) is 0 Å². The lowest BCUT2D eigenvalue weighted by Gasteiger charge is -2.22. The van der Waals surface area contributed by atoms with Crippen molar-refractivity contribution >= 4 is 9.84 Å². The van der Waals surface area contributed by atoms with Gasteiger partial charge >= 0.3 is 0 Å². The van der Waals surface area contributed by atoms with Crippen molar-refractivity contribution in [1.29, 1.82) is 0 Å². The highest BCUT2D eigenvalue weighted by atomic mass is 32.2. The molecule has 1 aliphatic rings. The first kappa shape index (κ1) is 15.0. The van der Waals surface area contributed by atoms with E-state index in [4.69, 9.17) is 0 Å². The van der Waals surface area contributed by atoms with Gasteiger partial charge in [-0.1, -0.05) is 13.8 Å². The summed E-state index contributed by atoms with van der Waals surface area (Å²) in [6.45, 7) is 10.6. The molecule has 0 amide bonds. The third kappa shape index (κ3) is 4.25. The van der Waals surface area contributed by atoms with Gasteiger partial charge in [-0.05, 0) is 45.4 Å². The number of hydrogen-bond donors (Lipinski definition) is 1. The smallest absolute Gasteiger partial charge is 0.155 e. The molecule has 0 unspecified atom stereocenters. The highest BCUT2D eigenvalue weighted by molar-refractivity contribution is 7.92. The zero-order valence-corrected chi connectivity index (χ0v) is 12.7. The van der Waals surface area contributed by atoms with Crippen LogP contribution in [0.3, 0.4) is 0 Å². The van der Waals surface area contributed by atoms with Crippen LogP contribution in [0, 0.1) is 5.41 Å². The van der Waals surface area contributed by atoms with Crippen molar-refractivity contribution < 1.29 is 8.42 Å². The molecule has 1 N–H and O–H groups in total. The molecule has 0 heterocycles. The molecule has 0 saturated heterocycles. The van der Waals surface area contributed by atoms with E-state index >= 15 is 0 Å². The molecule has 1 aliphatic carbocycles. The number of sulfone groups is 1. The van der Waals surface area contributed by atoms with Gasteiger partial charge in [0.1, 0.15) is 0 Å². The van der Waals surface area contributed by atoms with Gasteiger partial charge in [0.05, 0.1) is 10.5 Å². The summed E-state index contributed by atoms with van der Waals surface area (Å²) >= 11 is 0. The number of hydrogen-bond acceptors (Lipinski definition) is 3. The van der Waals surface area contributed by atoms with E-state index in [2.05, 4.69) is 19.2 Å². The Bertz CT molecular complexity index is 348. The summed E-state index contributed by atoms with van der Waals surface area (Å²) in [4.78, 5) is 0. The second-order valence-corrected chi connectivity index (χ2v) is 9.58. The molecule has 1 fully saturated rings. The maximum absolute atomic E-state index is 12.0. The van der Waals surface area contributed by atoms with E-state index in [1.54, 1.807) is 20.8 Å². The Kier molecular flexibility index (Phi) is 4.30. The van der Waals surface area contributed by atoms with Gasteiger partial charge in [0.2, 0.25) is 0 Å². The zero-order valence-electron chi connectivity index (χ0n) is 11.8. The fourth-order valence-corrected chi connectivity index (χ4v) is 3.08. The van der Waals surface area contributed by atoms with Crippen LogP contribution in [-0.4, -0.2) is 31.5 Å². The van der Waals surface area contributed by atoms with Crippen molar-refractivity contribution in [1.82, 2.24) is 5.32 Å². The molecule has 0 bridgehead atoms. The third-order valence-electron chi connectivity index (χ3n) is 3.68. The second-order valence-electron chi connectivity index (χ2n) is 6.72. The van der Waals surface area contributed by atoms with Crippen molar-refractivity contribution in [2.24, 2.45) is 5.41 Å². The first-order valence-corrected chi connectivity index (χ1v) is 8.19. The Morgan fingerprint density at radius 2 is 1.76 bits per heavy atom. The van der Waals surface area contributed by atoms with Crippen molar-refractivity contribution in [3.8, 4) is 0 Å². The summed E-state index contributed by atoms with van der Waals surface area (Å²) in [7, 11) is -2.96. The predicted octanol–water partition coefficient (Wildman–Crippen LogP) is 2.37. The molecule has 0 aliphatic heterocycles. The minimum absolute atomic E-state index is 0.266. The zero-order chi connectivity index (χ0) is 13.3. The molecule has 0 atom stereocenters. The van der Waals surface area contributed by atoms with E-state index in [1.165, 1.54) is 12.8 Å². The van der Waals surface area contributed by atoms with Gasteiger partial charge in [-0.25, -0.2) is 8.42 Å². The minimum Gasteiger partial charge on any atom is -0.314 e. The molecule has 102 valence electrons.